The Hall–Kier alpha value is -2.61. The van der Waals surface area contributed by atoms with Crippen LogP contribution >= 0.6 is 11.8 Å². The standard InChI is InChI=1S/C12H9N5O2S/c13-9-7-8(4-5-10(9)17(18)19)20-12-15-14-11-3-1-2-6-16(11)12/h1-7H,13H2. The van der Waals surface area contributed by atoms with Gasteiger partial charge in [-0.1, -0.05) is 6.07 Å². The molecule has 7 nitrogen and oxygen atoms in total. The monoisotopic (exact) mass is 287 g/mol. The highest BCUT2D eigenvalue weighted by molar-refractivity contribution is 7.99. The molecule has 0 saturated heterocycles. The predicted octanol–water partition coefficient (Wildman–Crippen LogP) is 2.37. The lowest BCUT2D eigenvalue weighted by Gasteiger charge is -2.02. The summed E-state index contributed by atoms with van der Waals surface area (Å²) in [6.45, 7) is 0. The smallest absolute Gasteiger partial charge is 0.292 e. The number of nitrogens with zero attached hydrogens (tertiary/aromatic N) is 4. The molecular weight excluding hydrogens is 278 g/mol. The maximum Gasteiger partial charge on any atom is 0.292 e. The van der Waals surface area contributed by atoms with E-state index in [9.17, 15) is 10.1 Å². The molecule has 0 aliphatic rings. The van der Waals surface area contributed by atoms with Crippen LogP contribution in [0.4, 0.5) is 11.4 Å². The first kappa shape index (κ1) is 12.4. The largest absolute Gasteiger partial charge is 0.393 e. The van der Waals surface area contributed by atoms with Crippen LogP contribution < -0.4 is 5.73 Å². The van der Waals surface area contributed by atoms with E-state index >= 15 is 0 Å². The summed E-state index contributed by atoms with van der Waals surface area (Å²) < 4.78 is 1.84. The molecule has 1 aromatic carbocycles. The average molecular weight is 287 g/mol. The van der Waals surface area contributed by atoms with Crippen molar-refractivity contribution < 1.29 is 4.92 Å². The van der Waals surface area contributed by atoms with Crippen molar-refractivity contribution in [1.29, 1.82) is 0 Å². The first-order chi connectivity index (χ1) is 9.65. The Balaban J connectivity index is 1.95. The molecule has 2 N–H and O–H groups in total. The third-order valence-corrected chi connectivity index (χ3v) is 3.64. The van der Waals surface area contributed by atoms with Gasteiger partial charge in [-0.25, -0.2) is 0 Å². The molecule has 100 valence electrons. The van der Waals surface area contributed by atoms with Crippen molar-refractivity contribution in [2.45, 2.75) is 10.1 Å². The average Bonchev–Trinajstić information content (AvgIpc) is 2.82. The molecule has 3 aromatic rings. The fourth-order valence-corrected chi connectivity index (χ4v) is 2.62. The van der Waals surface area contributed by atoms with Crippen molar-refractivity contribution in [1.82, 2.24) is 14.6 Å². The number of anilines is 1. The van der Waals surface area contributed by atoms with Crippen LogP contribution in [0.5, 0.6) is 0 Å². The van der Waals surface area contributed by atoms with Crippen LogP contribution in [0.25, 0.3) is 5.65 Å². The van der Waals surface area contributed by atoms with Gasteiger partial charge in [-0.3, -0.25) is 14.5 Å². The summed E-state index contributed by atoms with van der Waals surface area (Å²) in [5.74, 6) is 0. The highest BCUT2D eigenvalue weighted by Gasteiger charge is 2.13. The first-order valence-electron chi connectivity index (χ1n) is 5.67. The van der Waals surface area contributed by atoms with Crippen molar-refractivity contribution in [2.75, 3.05) is 5.73 Å². The summed E-state index contributed by atoms with van der Waals surface area (Å²) in [6, 6.07) is 10.2. The van der Waals surface area contributed by atoms with Crippen molar-refractivity contribution in [3.8, 4) is 0 Å². The van der Waals surface area contributed by atoms with Crippen LogP contribution in [0.2, 0.25) is 0 Å². The van der Waals surface area contributed by atoms with Gasteiger partial charge in [0, 0.05) is 17.2 Å². The van der Waals surface area contributed by atoms with E-state index in [2.05, 4.69) is 10.2 Å². The fraction of sp³-hybridized carbons (Fsp3) is 0. The van der Waals surface area contributed by atoms with Gasteiger partial charge in [0.1, 0.15) is 5.69 Å². The summed E-state index contributed by atoms with van der Waals surface area (Å²) in [7, 11) is 0. The Morgan fingerprint density at radius 3 is 2.85 bits per heavy atom. The van der Waals surface area contributed by atoms with Gasteiger partial charge in [-0.15, -0.1) is 10.2 Å². The Kier molecular flexibility index (Phi) is 2.99. The van der Waals surface area contributed by atoms with Gasteiger partial charge >= 0.3 is 0 Å². The predicted molar refractivity (Wildman–Crippen MR) is 74.6 cm³/mol. The molecule has 0 unspecified atom stereocenters. The summed E-state index contributed by atoms with van der Waals surface area (Å²) in [4.78, 5) is 11.0. The third-order valence-electron chi connectivity index (χ3n) is 2.69. The molecule has 0 aliphatic heterocycles. The van der Waals surface area contributed by atoms with Gasteiger partial charge in [-0.2, -0.15) is 0 Å². The summed E-state index contributed by atoms with van der Waals surface area (Å²) >= 11 is 1.35. The van der Waals surface area contributed by atoms with E-state index in [1.54, 1.807) is 12.1 Å². The molecule has 8 heteroatoms. The summed E-state index contributed by atoms with van der Waals surface area (Å²) in [6.07, 6.45) is 1.85. The number of rotatable bonds is 3. The van der Waals surface area contributed by atoms with Gasteiger partial charge in [0.15, 0.2) is 10.8 Å². The van der Waals surface area contributed by atoms with E-state index in [4.69, 9.17) is 5.73 Å². The number of pyridine rings is 1. The lowest BCUT2D eigenvalue weighted by molar-refractivity contribution is -0.383. The minimum absolute atomic E-state index is 0.0968. The van der Waals surface area contributed by atoms with Crippen LogP contribution in [0.15, 0.2) is 52.6 Å². The highest BCUT2D eigenvalue weighted by atomic mass is 32.2. The third kappa shape index (κ3) is 2.16. The molecule has 2 aromatic heterocycles. The second kappa shape index (κ2) is 4.82. The van der Waals surface area contributed by atoms with Crippen LogP contribution in [0.3, 0.4) is 0 Å². The summed E-state index contributed by atoms with van der Waals surface area (Å²) in [5.41, 5.74) is 6.44. The Bertz CT molecular complexity index is 801. The Labute approximate surface area is 117 Å². The van der Waals surface area contributed by atoms with E-state index in [-0.39, 0.29) is 11.4 Å². The first-order valence-corrected chi connectivity index (χ1v) is 6.48. The molecule has 0 radical (unpaired) electrons. The number of nitro benzene ring substituents is 1. The van der Waals surface area contributed by atoms with E-state index in [1.807, 2.05) is 28.8 Å². The fourth-order valence-electron chi connectivity index (χ4n) is 1.76. The molecule has 0 aliphatic carbocycles. The number of nitrogen functional groups attached to an aromatic ring is 1. The zero-order valence-electron chi connectivity index (χ0n) is 10.1. The SMILES string of the molecule is Nc1cc(Sc2nnc3ccccn23)ccc1[N+](=O)[O-]. The van der Waals surface area contributed by atoms with Gasteiger partial charge in [-0.05, 0) is 36.0 Å². The van der Waals surface area contributed by atoms with Gasteiger partial charge in [0.2, 0.25) is 0 Å². The van der Waals surface area contributed by atoms with E-state index in [0.29, 0.717) is 5.16 Å². The molecule has 0 amide bonds. The number of hydrogen-bond donors (Lipinski definition) is 1. The van der Waals surface area contributed by atoms with E-state index in [0.717, 1.165) is 10.5 Å². The molecule has 0 spiro atoms. The molecule has 0 saturated carbocycles. The number of benzene rings is 1. The number of hydrogen-bond acceptors (Lipinski definition) is 6. The summed E-state index contributed by atoms with van der Waals surface area (Å²) in [5, 5.41) is 19.5. The molecule has 0 bridgehead atoms. The van der Waals surface area contributed by atoms with Gasteiger partial charge in [0.25, 0.3) is 5.69 Å². The van der Waals surface area contributed by atoms with Gasteiger partial charge < -0.3 is 5.73 Å². The van der Waals surface area contributed by atoms with Crippen LogP contribution in [-0.2, 0) is 0 Å². The second-order valence-electron chi connectivity index (χ2n) is 3.99. The minimum Gasteiger partial charge on any atom is -0.393 e. The minimum atomic E-state index is -0.504. The van der Waals surface area contributed by atoms with Crippen molar-refractivity contribution in [2.24, 2.45) is 0 Å². The zero-order chi connectivity index (χ0) is 14.1. The molecule has 2 heterocycles. The topological polar surface area (TPSA) is 99.3 Å². The maximum absolute atomic E-state index is 10.7. The molecule has 0 atom stereocenters. The molecule has 0 fully saturated rings. The normalized spacial score (nSPS) is 10.8. The highest BCUT2D eigenvalue weighted by Crippen LogP contribution is 2.31. The van der Waals surface area contributed by atoms with E-state index in [1.165, 1.54) is 17.8 Å². The Morgan fingerprint density at radius 2 is 2.10 bits per heavy atom. The second-order valence-corrected chi connectivity index (χ2v) is 5.03. The number of aromatic nitrogens is 3. The van der Waals surface area contributed by atoms with E-state index < -0.39 is 4.92 Å². The Morgan fingerprint density at radius 1 is 1.25 bits per heavy atom. The lowest BCUT2D eigenvalue weighted by atomic mass is 10.3. The number of nitrogens with two attached hydrogens (primary N) is 1. The van der Waals surface area contributed by atoms with Crippen molar-refractivity contribution in [3.05, 3.63) is 52.7 Å². The molecule has 3 rings (SSSR count). The number of fused-ring (bicyclic) bond motifs is 1. The zero-order valence-corrected chi connectivity index (χ0v) is 10.9. The quantitative estimate of drug-likeness (QED) is 0.451. The van der Waals surface area contributed by atoms with Gasteiger partial charge in [0.05, 0.1) is 4.92 Å². The number of nitro groups is 1. The molecule has 20 heavy (non-hydrogen) atoms. The maximum atomic E-state index is 10.7. The lowest BCUT2D eigenvalue weighted by Crippen LogP contribution is -1.95. The molecular formula is C12H9N5O2S. The van der Waals surface area contributed by atoms with Crippen molar-refractivity contribution >= 4 is 28.8 Å². The van der Waals surface area contributed by atoms with Crippen LogP contribution in [0, 0.1) is 10.1 Å². The van der Waals surface area contributed by atoms with Crippen molar-refractivity contribution in [3.63, 3.8) is 0 Å². The van der Waals surface area contributed by atoms with Crippen LogP contribution in [0.1, 0.15) is 0 Å². The van der Waals surface area contributed by atoms with Crippen LogP contribution in [-0.4, -0.2) is 19.5 Å².